The van der Waals surface area contributed by atoms with Gasteiger partial charge in [0.05, 0.1) is 5.25 Å². The maximum atomic E-state index is 13.2. The highest BCUT2D eigenvalue weighted by Gasteiger charge is 2.15. The molecular weight excluding hydrogens is 297 g/mol. The third kappa shape index (κ3) is 4.25. The van der Waals surface area contributed by atoms with E-state index in [9.17, 15) is 9.18 Å². The number of amides is 1. The minimum atomic E-state index is -0.514. The Morgan fingerprint density at radius 2 is 1.95 bits per heavy atom. The van der Waals surface area contributed by atoms with Crippen molar-refractivity contribution >= 4 is 35.8 Å². The van der Waals surface area contributed by atoms with E-state index < -0.39 is 11.1 Å². The van der Waals surface area contributed by atoms with Gasteiger partial charge in [0.15, 0.2) is 0 Å². The number of benzene rings is 2. The molecule has 104 valence electrons. The minimum absolute atomic E-state index is 0.235. The minimum Gasteiger partial charge on any atom is -0.325 e. The molecule has 0 fully saturated rings. The monoisotopic (exact) mass is 309 g/mol. The van der Waals surface area contributed by atoms with Crippen LogP contribution in [0.4, 0.5) is 10.1 Å². The highest BCUT2D eigenvalue weighted by atomic mass is 35.5. The van der Waals surface area contributed by atoms with E-state index in [1.165, 1.54) is 18.2 Å². The van der Waals surface area contributed by atoms with Crippen LogP contribution in [0, 0.1) is 5.82 Å². The zero-order valence-electron chi connectivity index (χ0n) is 10.5. The molecule has 0 bridgehead atoms. The molecule has 1 amide bonds. The fourth-order valence-electron chi connectivity index (χ4n) is 1.78. The summed E-state index contributed by atoms with van der Waals surface area (Å²) in [6.45, 7) is 0. The predicted octanol–water partition coefficient (Wildman–Crippen LogP) is 3.96. The summed E-state index contributed by atoms with van der Waals surface area (Å²) in [4.78, 5) is 12.0. The van der Waals surface area contributed by atoms with Crippen LogP contribution in [0.3, 0.4) is 0 Å². The Kier molecular flexibility index (Phi) is 5.04. The van der Waals surface area contributed by atoms with Crippen molar-refractivity contribution in [1.29, 1.82) is 0 Å². The highest BCUT2D eigenvalue weighted by molar-refractivity contribution is 7.81. The molecule has 2 rings (SSSR count). The van der Waals surface area contributed by atoms with Gasteiger partial charge < -0.3 is 5.32 Å². The molecule has 0 spiro atoms. The summed E-state index contributed by atoms with van der Waals surface area (Å²) in [6, 6.07) is 13.5. The van der Waals surface area contributed by atoms with Crippen molar-refractivity contribution < 1.29 is 9.18 Å². The molecule has 0 aromatic heterocycles. The summed E-state index contributed by atoms with van der Waals surface area (Å²) in [5, 5.41) is 2.32. The lowest BCUT2D eigenvalue weighted by Crippen LogP contribution is -2.25. The van der Waals surface area contributed by atoms with Gasteiger partial charge in [-0.2, -0.15) is 12.6 Å². The lowest BCUT2D eigenvalue weighted by Gasteiger charge is -2.12. The van der Waals surface area contributed by atoms with Crippen molar-refractivity contribution in [3.8, 4) is 0 Å². The van der Waals surface area contributed by atoms with E-state index in [4.69, 9.17) is 11.6 Å². The lowest BCUT2D eigenvalue weighted by molar-refractivity contribution is -0.115. The Morgan fingerprint density at radius 3 is 2.60 bits per heavy atom. The van der Waals surface area contributed by atoms with Gasteiger partial charge in [0.25, 0.3) is 0 Å². The van der Waals surface area contributed by atoms with Crippen molar-refractivity contribution in [2.24, 2.45) is 0 Å². The van der Waals surface area contributed by atoms with Gasteiger partial charge in [0, 0.05) is 10.7 Å². The topological polar surface area (TPSA) is 29.1 Å². The van der Waals surface area contributed by atoms with Crippen LogP contribution < -0.4 is 5.32 Å². The summed E-state index contributed by atoms with van der Waals surface area (Å²) in [7, 11) is 0. The SMILES string of the molecule is O=C(Nc1cc(F)cc(Cl)c1)C(S)Cc1ccccc1. The average molecular weight is 310 g/mol. The van der Waals surface area contributed by atoms with Crippen molar-refractivity contribution in [3.05, 3.63) is 64.9 Å². The predicted molar refractivity (Wildman–Crippen MR) is 83.0 cm³/mol. The number of carbonyl (C=O) groups is 1. The number of thiol groups is 1. The van der Waals surface area contributed by atoms with E-state index in [1.54, 1.807) is 0 Å². The Balaban J connectivity index is 2.00. The van der Waals surface area contributed by atoms with Crippen LogP contribution >= 0.6 is 24.2 Å². The van der Waals surface area contributed by atoms with Gasteiger partial charge in [-0.15, -0.1) is 0 Å². The molecule has 0 aliphatic carbocycles. The molecule has 0 aliphatic heterocycles. The first-order chi connectivity index (χ1) is 9.54. The number of halogens is 2. The second kappa shape index (κ2) is 6.77. The Bertz CT molecular complexity index is 586. The molecule has 2 aromatic carbocycles. The number of anilines is 1. The van der Waals surface area contributed by atoms with Crippen LogP contribution in [0.1, 0.15) is 5.56 Å². The molecule has 5 heteroatoms. The normalized spacial score (nSPS) is 11.9. The Morgan fingerprint density at radius 1 is 1.25 bits per heavy atom. The van der Waals surface area contributed by atoms with Gasteiger partial charge in [-0.05, 0) is 30.2 Å². The van der Waals surface area contributed by atoms with Crippen LogP contribution in [0.2, 0.25) is 5.02 Å². The molecule has 0 saturated carbocycles. The van der Waals surface area contributed by atoms with Gasteiger partial charge in [-0.25, -0.2) is 4.39 Å². The molecule has 1 unspecified atom stereocenters. The molecule has 1 atom stereocenters. The van der Waals surface area contributed by atoms with Gasteiger partial charge in [-0.1, -0.05) is 41.9 Å². The molecule has 0 aliphatic rings. The molecule has 0 heterocycles. The third-order valence-electron chi connectivity index (χ3n) is 2.70. The van der Waals surface area contributed by atoms with Gasteiger partial charge >= 0.3 is 0 Å². The largest absolute Gasteiger partial charge is 0.325 e. The van der Waals surface area contributed by atoms with Crippen LogP contribution in [0.5, 0.6) is 0 Å². The number of hydrogen-bond acceptors (Lipinski definition) is 2. The van der Waals surface area contributed by atoms with Gasteiger partial charge in [0.2, 0.25) is 5.91 Å². The number of nitrogens with one attached hydrogen (secondary N) is 1. The molecule has 2 aromatic rings. The first-order valence-corrected chi connectivity index (χ1v) is 6.93. The summed E-state index contributed by atoms with van der Waals surface area (Å²) in [6.07, 6.45) is 0.499. The van der Waals surface area contributed by atoms with E-state index in [0.717, 1.165) is 5.56 Å². The Labute approximate surface area is 127 Å². The maximum Gasteiger partial charge on any atom is 0.237 e. The van der Waals surface area contributed by atoms with E-state index in [-0.39, 0.29) is 10.9 Å². The summed E-state index contributed by atoms with van der Waals surface area (Å²) < 4.78 is 13.2. The molecule has 0 radical (unpaired) electrons. The average Bonchev–Trinajstić information content (AvgIpc) is 2.38. The van der Waals surface area contributed by atoms with E-state index in [2.05, 4.69) is 17.9 Å². The van der Waals surface area contributed by atoms with Crippen LogP contribution in [0.15, 0.2) is 48.5 Å². The first kappa shape index (κ1) is 14.9. The van der Waals surface area contributed by atoms with Crippen molar-refractivity contribution in [2.45, 2.75) is 11.7 Å². The summed E-state index contributed by atoms with van der Waals surface area (Å²) in [5.41, 5.74) is 1.34. The number of rotatable bonds is 4. The fraction of sp³-hybridized carbons (Fsp3) is 0.133. The summed E-state index contributed by atoms with van der Waals surface area (Å²) >= 11 is 10.0. The van der Waals surface area contributed by atoms with Crippen LogP contribution in [-0.4, -0.2) is 11.2 Å². The van der Waals surface area contributed by atoms with E-state index >= 15 is 0 Å². The molecule has 2 nitrogen and oxygen atoms in total. The highest BCUT2D eigenvalue weighted by Crippen LogP contribution is 2.19. The Hall–Kier alpha value is -1.52. The standard InChI is InChI=1S/C15H13ClFNOS/c16-11-7-12(17)9-13(8-11)18-15(19)14(20)6-10-4-2-1-3-5-10/h1-5,7-9,14,20H,6H2,(H,18,19). The lowest BCUT2D eigenvalue weighted by atomic mass is 10.1. The second-order valence-electron chi connectivity index (χ2n) is 4.35. The second-order valence-corrected chi connectivity index (χ2v) is 5.41. The summed E-state index contributed by atoms with van der Waals surface area (Å²) in [5.74, 6) is -0.787. The smallest absolute Gasteiger partial charge is 0.237 e. The third-order valence-corrected chi connectivity index (χ3v) is 3.34. The van der Waals surface area contributed by atoms with Gasteiger partial charge in [0.1, 0.15) is 5.82 Å². The first-order valence-electron chi connectivity index (χ1n) is 6.03. The molecule has 1 N–H and O–H groups in total. The number of carbonyl (C=O) groups excluding carboxylic acids is 1. The van der Waals surface area contributed by atoms with Crippen molar-refractivity contribution in [1.82, 2.24) is 0 Å². The number of hydrogen-bond donors (Lipinski definition) is 2. The van der Waals surface area contributed by atoms with E-state index in [1.807, 2.05) is 30.3 Å². The zero-order valence-corrected chi connectivity index (χ0v) is 12.2. The van der Waals surface area contributed by atoms with Crippen molar-refractivity contribution in [2.75, 3.05) is 5.32 Å². The fourth-order valence-corrected chi connectivity index (χ4v) is 2.28. The van der Waals surface area contributed by atoms with Crippen LogP contribution in [-0.2, 0) is 11.2 Å². The van der Waals surface area contributed by atoms with Crippen molar-refractivity contribution in [3.63, 3.8) is 0 Å². The van der Waals surface area contributed by atoms with E-state index in [0.29, 0.717) is 12.1 Å². The van der Waals surface area contributed by atoms with Crippen LogP contribution in [0.25, 0.3) is 0 Å². The quantitative estimate of drug-likeness (QED) is 0.823. The molecular formula is C15H13ClFNOS. The maximum absolute atomic E-state index is 13.2. The molecule has 0 saturated heterocycles. The molecule has 20 heavy (non-hydrogen) atoms. The van der Waals surface area contributed by atoms with Gasteiger partial charge in [-0.3, -0.25) is 4.79 Å². The zero-order chi connectivity index (χ0) is 14.5.